The van der Waals surface area contributed by atoms with E-state index in [0.717, 1.165) is 25.7 Å². The van der Waals surface area contributed by atoms with Gasteiger partial charge >= 0.3 is 0 Å². The molecule has 0 saturated heterocycles. The molecule has 0 atom stereocenters. The normalized spacial score (nSPS) is 16.7. The number of benzene rings is 1. The summed E-state index contributed by atoms with van der Waals surface area (Å²) in [5, 5.41) is 2.92. The quantitative estimate of drug-likeness (QED) is 0.876. The summed E-state index contributed by atoms with van der Waals surface area (Å²) in [5.41, 5.74) is 7.12. The zero-order chi connectivity index (χ0) is 16.9. The van der Waals surface area contributed by atoms with E-state index in [-0.39, 0.29) is 17.2 Å². The van der Waals surface area contributed by atoms with E-state index in [1.165, 1.54) is 11.3 Å². The van der Waals surface area contributed by atoms with Gasteiger partial charge in [-0.25, -0.2) is 0 Å². The minimum Gasteiger partial charge on any atom is -0.345 e. The zero-order valence-electron chi connectivity index (χ0n) is 14.1. The van der Waals surface area contributed by atoms with Gasteiger partial charge in [0.25, 0.3) is 5.91 Å². The molecule has 1 aromatic rings. The smallest absolute Gasteiger partial charge is 0.253 e. The predicted octanol–water partition coefficient (Wildman–Crippen LogP) is 2.63. The van der Waals surface area contributed by atoms with Crippen LogP contribution in [0.4, 0.5) is 5.69 Å². The number of carbonyl (C=O) groups excluding carboxylic acids is 2. The molecule has 23 heavy (non-hydrogen) atoms. The first kappa shape index (κ1) is 17.5. The van der Waals surface area contributed by atoms with Crippen molar-refractivity contribution in [3.8, 4) is 0 Å². The maximum Gasteiger partial charge on any atom is 0.253 e. The lowest BCUT2D eigenvalue weighted by atomic mass is 9.71. The number of nitrogens with two attached hydrogens (primary N) is 1. The molecular weight excluding hydrogens is 290 g/mol. The third-order valence-corrected chi connectivity index (χ3v) is 4.68. The van der Waals surface area contributed by atoms with Gasteiger partial charge in [0, 0.05) is 31.8 Å². The predicted molar refractivity (Wildman–Crippen MR) is 92.3 cm³/mol. The van der Waals surface area contributed by atoms with E-state index in [0.29, 0.717) is 24.2 Å². The second-order valence-electron chi connectivity index (χ2n) is 6.77. The lowest BCUT2D eigenvalue weighted by Gasteiger charge is -2.35. The van der Waals surface area contributed by atoms with Crippen molar-refractivity contribution < 1.29 is 9.59 Å². The van der Waals surface area contributed by atoms with Gasteiger partial charge in [-0.05, 0) is 43.0 Å². The minimum absolute atomic E-state index is 0.0215. The van der Waals surface area contributed by atoms with Crippen molar-refractivity contribution in [1.29, 1.82) is 0 Å². The fourth-order valence-electron chi connectivity index (χ4n) is 3.29. The molecule has 5 nitrogen and oxygen atoms in total. The van der Waals surface area contributed by atoms with Crippen molar-refractivity contribution in [3.05, 3.63) is 29.8 Å². The Morgan fingerprint density at radius 1 is 1.22 bits per heavy atom. The van der Waals surface area contributed by atoms with Crippen LogP contribution in [0.5, 0.6) is 0 Å². The summed E-state index contributed by atoms with van der Waals surface area (Å²) >= 11 is 0. The molecule has 1 aromatic carbocycles. The van der Waals surface area contributed by atoms with E-state index in [4.69, 9.17) is 5.73 Å². The molecule has 0 aliphatic heterocycles. The molecular formula is C18H27N3O2. The summed E-state index contributed by atoms with van der Waals surface area (Å²) < 4.78 is 0. The molecule has 1 aliphatic carbocycles. The Kier molecular flexibility index (Phi) is 5.77. The fourth-order valence-corrected chi connectivity index (χ4v) is 3.29. The van der Waals surface area contributed by atoms with Crippen molar-refractivity contribution >= 4 is 17.5 Å². The second kappa shape index (κ2) is 7.59. The van der Waals surface area contributed by atoms with Crippen LogP contribution in [0.15, 0.2) is 24.3 Å². The first-order chi connectivity index (χ1) is 11.0. The average Bonchev–Trinajstić information content (AvgIpc) is 2.55. The molecule has 0 aromatic heterocycles. The molecule has 2 amide bonds. The van der Waals surface area contributed by atoms with Crippen LogP contribution < -0.4 is 11.1 Å². The Morgan fingerprint density at radius 3 is 2.52 bits per heavy atom. The van der Waals surface area contributed by atoms with Crippen molar-refractivity contribution in [2.24, 2.45) is 11.1 Å². The van der Waals surface area contributed by atoms with Gasteiger partial charge < -0.3 is 16.0 Å². The topological polar surface area (TPSA) is 75.4 Å². The van der Waals surface area contributed by atoms with Gasteiger partial charge in [-0.2, -0.15) is 0 Å². The maximum atomic E-state index is 12.4. The van der Waals surface area contributed by atoms with E-state index in [1.807, 2.05) is 0 Å². The average molecular weight is 317 g/mol. The number of anilines is 1. The second-order valence-corrected chi connectivity index (χ2v) is 6.77. The van der Waals surface area contributed by atoms with Crippen LogP contribution in [0.3, 0.4) is 0 Å². The summed E-state index contributed by atoms with van der Waals surface area (Å²) in [6, 6.07) is 7.06. The van der Waals surface area contributed by atoms with Gasteiger partial charge in [-0.15, -0.1) is 0 Å². The SMILES string of the molecule is CN(C)C(=O)c1cccc(NC(=O)CC2(CN)CCCCC2)c1. The third kappa shape index (κ3) is 4.55. The summed E-state index contributed by atoms with van der Waals surface area (Å²) in [6.07, 6.45) is 6.04. The number of nitrogens with one attached hydrogen (secondary N) is 1. The van der Waals surface area contributed by atoms with Gasteiger partial charge in [0.05, 0.1) is 0 Å². The Bertz CT molecular complexity index is 563. The Labute approximate surface area is 138 Å². The van der Waals surface area contributed by atoms with E-state index in [2.05, 4.69) is 5.32 Å². The van der Waals surface area contributed by atoms with Crippen LogP contribution in [0, 0.1) is 5.41 Å². The lowest BCUT2D eigenvalue weighted by Crippen LogP contribution is -2.36. The fraction of sp³-hybridized carbons (Fsp3) is 0.556. The van der Waals surface area contributed by atoms with Gasteiger partial charge in [-0.1, -0.05) is 25.3 Å². The number of nitrogens with zero attached hydrogens (tertiary/aromatic N) is 1. The highest BCUT2D eigenvalue weighted by atomic mass is 16.2. The molecule has 5 heteroatoms. The van der Waals surface area contributed by atoms with E-state index in [1.54, 1.807) is 38.4 Å². The molecule has 126 valence electrons. The van der Waals surface area contributed by atoms with Crippen LogP contribution >= 0.6 is 0 Å². The van der Waals surface area contributed by atoms with E-state index < -0.39 is 0 Å². The van der Waals surface area contributed by atoms with Crippen LogP contribution in [-0.4, -0.2) is 37.4 Å². The maximum absolute atomic E-state index is 12.4. The standard InChI is InChI=1S/C18H27N3O2/c1-21(2)17(23)14-7-6-8-15(11-14)20-16(22)12-18(13-19)9-4-3-5-10-18/h6-8,11H,3-5,9-10,12-13,19H2,1-2H3,(H,20,22). The van der Waals surface area contributed by atoms with Crippen molar-refractivity contribution in [2.45, 2.75) is 38.5 Å². The van der Waals surface area contributed by atoms with Crippen LogP contribution in [0.2, 0.25) is 0 Å². The molecule has 0 bridgehead atoms. The van der Waals surface area contributed by atoms with Crippen molar-refractivity contribution in [1.82, 2.24) is 4.90 Å². The minimum atomic E-state index is -0.0770. The highest BCUT2D eigenvalue weighted by Crippen LogP contribution is 2.38. The zero-order valence-corrected chi connectivity index (χ0v) is 14.1. The van der Waals surface area contributed by atoms with Crippen molar-refractivity contribution in [2.75, 3.05) is 26.0 Å². The number of amides is 2. The summed E-state index contributed by atoms with van der Waals surface area (Å²) in [4.78, 5) is 25.9. The highest BCUT2D eigenvalue weighted by molar-refractivity contribution is 5.97. The van der Waals surface area contributed by atoms with Crippen LogP contribution in [-0.2, 0) is 4.79 Å². The van der Waals surface area contributed by atoms with Crippen LogP contribution in [0.25, 0.3) is 0 Å². The molecule has 1 aliphatic rings. The Balaban J connectivity index is 2.02. The number of hydrogen-bond donors (Lipinski definition) is 2. The van der Waals surface area contributed by atoms with Gasteiger partial charge in [0.15, 0.2) is 0 Å². The first-order valence-corrected chi connectivity index (χ1v) is 8.27. The van der Waals surface area contributed by atoms with E-state index in [9.17, 15) is 9.59 Å². The van der Waals surface area contributed by atoms with Gasteiger partial charge in [-0.3, -0.25) is 9.59 Å². The monoisotopic (exact) mass is 317 g/mol. The molecule has 2 rings (SSSR count). The van der Waals surface area contributed by atoms with Gasteiger partial charge in [0.1, 0.15) is 0 Å². The lowest BCUT2D eigenvalue weighted by molar-refractivity contribution is -0.118. The number of hydrogen-bond acceptors (Lipinski definition) is 3. The number of carbonyl (C=O) groups is 2. The van der Waals surface area contributed by atoms with Gasteiger partial charge in [0.2, 0.25) is 5.91 Å². The highest BCUT2D eigenvalue weighted by Gasteiger charge is 2.32. The number of rotatable bonds is 5. The molecule has 0 heterocycles. The molecule has 0 unspecified atom stereocenters. The third-order valence-electron chi connectivity index (χ3n) is 4.68. The molecule has 1 saturated carbocycles. The first-order valence-electron chi connectivity index (χ1n) is 8.27. The van der Waals surface area contributed by atoms with E-state index >= 15 is 0 Å². The van der Waals surface area contributed by atoms with Crippen molar-refractivity contribution in [3.63, 3.8) is 0 Å². The Morgan fingerprint density at radius 2 is 1.91 bits per heavy atom. The molecule has 0 spiro atoms. The summed E-state index contributed by atoms with van der Waals surface area (Å²) in [5.74, 6) is -0.0985. The molecule has 1 fully saturated rings. The van der Waals surface area contributed by atoms with Crippen LogP contribution in [0.1, 0.15) is 48.9 Å². The molecule has 3 N–H and O–H groups in total. The largest absolute Gasteiger partial charge is 0.345 e. The molecule has 0 radical (unpaired) electrons. The summed E-state index contributed by atoms with van der Waals surface area (Å²) in [6.45, 7) is 0.555. The summed E-state index contributed by atoms with van der Waals surface area (Å²) in [7, 11) is 3.42. The Hall–Kier alpha value is -1.88.